The average Bonchev–Trinajstić information content (AvgIpc) is 3.23. The first-order valence-corrected chi connectivity index (χ1v) is 9.21. The summed E-state index contributed by atoms with van der Waals surface area (Å²) >= 11 is 1.40. The molecule has 8 heteroatoms. The fourth-order valence-electron chi connectivity index (χ4n) is 3.12. The van der Waals surface area contributed by atoms with E-state index in [0.717, 1.165) is 37.2 Å². The van der Waals surface area contributed by atoms with Crippen LogP contribution < -0.4 is 0 Å². The summed E-state index contributed by atoms with van der Waals surface area (Å²) in [5, 5.41) is 2.59. The van der Waals surface area contributed by atoms with Crippen molar-refractivity contribution < 1.29 is 18.0 Å². The molecule has 4 nitrogen and oxygen atoms in total. The number of carbonyl (C=O) groups is 1. The first kappa shape index (κ1) is 18.8. The van der Waals surface area contributed by atoms with Gasteiger partial charge in [0.25, 0.3) is 0 Å². The number of likely N-dealkylation sites (tertiary alicyclic amines) is 1. The zero-order valence-corrected chi connectivity index (χ0v) is 15.4. The standard InChI is InChI=1S/C18H20F3N3OS/c1-23(2)17(25)15-4-3-9-24(15)10-14-11-26-16(22-14)12-5-7-13(8-6-12)18(19,20)21/h5-8,11,15H,3-4,9-10H2,1-2H3. The molecule has 1 aliphatic rings. The lowest BCUT2D eigenvalue weighted by molar-refractivity contribution is -0.137. The number of likely N-dealkylation sites (N-methyl/N-ethyl adjacent to an activating group) is 1. The summed E-state index contributed by atoms with van der Waals surface area (Å²) in [6, 6.07) is 4.91. The molecule has 3 rings (SSSR count). The molecule has 1 atom stereocenters. The summed E-state index contributed by atoms with van der Waals surface area (Å²) in [6.45, 7) is 1.42. The maximum Gasteiger partial charge on any atom is 0.416 e. The number of nitrogens with zero attached hydrogens (tertiary/aromatic N) is 3. The van der Waals surface area contributed by atoms with E-state index in [2.05, 4.69) is 9.88 Å². The quantitative estimate of drug-likeness (QED) is 0.804. The molecule has 2 heterocycles. The molecule has 1 aromatic heterocycles. The van der Waals surface area contributed by atoms with Gasteiger partial charge in [-0.15, -0.1) is 11.3 Å². The number of halogens is 3. The van der Waals surface area contributed by atoms with E-state index >= 15 is 0 Å². The van der Waals surface area contributed by atoms with Crippen molar-refractivity contribution in [2.75, 3.05) is 20.6 Å². The molecule has 140 valence electrons. The number of carbonyl (C=O) groups excluding carboxylic acids is 1. The highest BCUT2D eigenvalue weighted by atomic mass is 32.1. The van der Waals surface area contributed by atoms with Crippen molar-refractivity contribution in [1.82, 2.24) is 14.8 Å². The van der Waals surface area contributed by atoms with Gasteiger partial charge in [-0.2, -0.15) is 13.2 Å². The smallest absolute Gasteiger partial charge is 0.347 e. The molecule has 1 saturated heterocycles. The van der Waals surface area contributed by atoms with Gasteiger partial charge in [-0.05, 0) is 31.5 Å². The molecule has 1 fully saturated rings. The Morgan fingerprint density at radius 2 is 2.00 bits per heavy atom. The van der Waals surface area contributed by atoms with E-state index < -0.39 is 11.7 Å². The number of hydrogen-bond acceptors (Lipinski definition) is 4. The van der Waals surface area contributed by atoms with Crippen molar-refractivity contribution in [2.24, 2.45) is 0 Å². The Bertz CT molecular complexity index is 771. The van der Waals surface area contributed by atoms with E-state index in [9.17, 15) is 18.0 Å². The van der Waals surface area contributed by atoms with E-state index in [4.69, 9.17) is 0 Å². The fraction of sp³-hybridized carbons (Fsp3) is 0.444. The largest absolute Gasteiger partial charge is 0.416 e. The minimum absolute atomic E-state index is 0.0979. The van der Waals surface area contributed by atoms with Gasteiger partial charge in [-0.1, -0.05) is 12.1 Å². The summed E-state index contributed by atoms with van der Waals surface area (Å²) in [7, 11) is 3.51. The zero-order valence-electron chi connectivity index (χ0n) is 14.6. The van der Waals surface area contributed by atoms with Crippen molar-refractivity contribution in [3.8, 4) is 10.6 Å². The lowest BCUT2D eigenvalue weighted by Crippen LogP contribution is -2.42. The third kappa shape index (κ3) is 4.07. The van der Waals surface area contributed by atoms with E-state index in [1.54, 1.807) is 19.0 Å². The number of benzene rings is 1. The van der Waals surface area contributed by atoms with Crippen LogP contribution in [0.4, 0.5) is 13.2 Å². The third-order valence-corrected chi connectivity index (χ3v) is 5.41. The minimum atomic E-state index is -4.34. The van der Waals surface area contributed by atoms with Crippen LogP contribution in [0, 0.1) is 0 Å². The van der Waals surface area contributed by atoms with Crippen LogP contribution >= 0.6 is 11.3 Å². The van der Waals surface area contributed by atoms with Crippen LogP contribution in [0.2, 0.25) is 0 Å². The Labute approximate surface area is 154 Å². The van der Waals surface area contributed by atoms with E-state index in [0.29, 0.717) is 17.1 Å². The molecule has 1 aliphatic heterocycles. The lowest BCUT2D eigenvalue weighted by atomic mass is 10.1. The molecule has 0 saturated carbocycles. The van der Waals surface area contributed by atoms with Crippen LogP contribution in [-0.4, -0.2) is 47.4 Å². The molecule has 0 N–H and O–H groups in total. The van der Waals surface area contributed by atoms with Gasteiger partial charge in [0, 0.05) is 31.6 Å². The van der Waals surface area contributed by atoms with Crippen LogP contribution in [0.3, 0.4) is 0 Å². The maximum atomic E-state index is 12.7. The van der Waals surface area contributed by atoms with Gasteiger partial charge < -0.3 is 4.90 Å². The SMILES string of the molecule is CN(C)C(=O)C1CCCN1Cc1csc(-c2ccc(C(F)(F)F)cc2)n1. The molecule has 0 spiro atoms. The summed E-state index contributed by atoms with van der Waals surface area (Å²) in [6.07, 6.45) is -2.52. The predicted octanol–water partition coefficient (Wildman–Crippen LogP) is 3.88. The zero-order chi connectivity index (χ0) is 18.9. The number of thiazole rings is 1. The maximum absolute atomic E-state index is 12.7. The average molecular weight is 383 g/mol. The van der Waals surface area contributed by atoms with E-state index in [1.807, 2.05) is 5.38 Å². The first-order valence-electron chi connectivity index (χ1n) is 8.33. The molecular formula is C18H20F3N3OS. The van der Waals surface area contributed by atoms with Crippen LogP contribution in [0.5, 0.6) is 0 Å². The van der Waals surface area contributed by atoms with Gasteiger partial charge in [0.15, 0.2) is 0 Å². The van der Waals surface area contributed by atoms with Gasteiger partial charge in [0.1, 0.15) is 5.01 Å². The number of aromatic nitrogens is 1. The molecule has 0 aliphatic carbocycles. The summed E-state index contributed by atoms with van der Waals surface area (Å²) in [5.41, 5.74) is 0.833. The van der Waals surface area contributed by atoms with Crippen molar-refractivity contribution in [2.45, 2.75) is 31.6 Å². The van der Waals surface area contributed by atoms with Gasteiger partial charge >= 0.3 is 6.18 Å². The topological polar surface area (TPSA) is 36.4 Å². The van der Waals surface area contributed by atoms with E-state index in [1.165, 1.54) is 23.5 Å². The monoisotopic (exact) mass is 383 g/mol. The number of alkyl halides is 3. The Hall–Kier alpha value is -1.93. The molecular weight excluding hydrogens is 363 g/mol. The van der Waals surface area contributed by atoms with Gasteiger partial charge in [-0.25, -0.2) is 4.98 Å². The Kier molecular flexibility index (Phi) is 5.34. The second-order valence-corrected chi connectivity index (χ2v) is 7.44. The molecule has 0 radical (unpaired) electrons. The van der Waals surface area contributed by atoms with Gasteiger partial charge in [0.05, 0.1) is 17.3 Å². The Balaban J connectivity index is 1.71. The summed E-state index contributed by atoms with van der Waals surface area (Å²) in [5.74, 6) is 0.0979. The third-order valence-electron chi connectivity index (χ3n) is 4.47. The highest BCUT2D eigenvalue weighted by molar-refractivity contribution is 7.13. The molecule has 1 amide bonds. The van der Waals surface area contributed by atoms with Crippen LogP contribution in [0.15, 0.2) is 29.6 Å². The molecule has 1 aromatic carbocycles. The molecule has 2 aromatic rings. The van der Waals surface area contributed by atoms with Gasteiger partial charge in [-0.3, -0.25) is 9.69 Å². The van der Waals surface area contributed by atoms with E-state index in [-0.39, 0.29) is 11.9 Å². The predicted molar refractivity (Wildman–Crippen MR) is 94.7 cm³/mol. The number of rotatable bonds is 4. The number of hydrogen-bond donors (Lipinski definition) is 0. The highest BCUT2D eigenvalue weighted by Gasteiger charge is 2.32. The highest BCUT2D eigenvalue weighted by Crippen LogP contribution is 2.32. The van der Waals surface area contributed by atoms with Crippen molar-refractivity contribution in [3.05, 3.63) is 40.9 Å². The van der Waals surface area contributed by atoms with Crippen molar-refractivity contribution in [1.29, 1.82) is 0 Å². The minimum Gasteiger partial charge on any atom is -0.347 e. The van der Waals surface area contributed by atoms with Crippen molar-refractivity contribution in [3.63, 3.8) is 0 Å². The Morgan fingerprint density at radius 3 is 2.62 bits per heavy atom. The van der Waals surface area contributed by atoms with Crippen LogP contribution in [-0.2, 0) is 17.5 Å². The second kappa shape index (κ2) is 7.36. The summed E-state index contributed by atoms with van der Waals surface area (Å²) in [4.78, 5) is 20.5. The lowest BCUT2D eigenvalue weighted by Gasteiger charge is -2.25. The molecule has 0 bridgehead atoms. The second-order valence-electron chi connectivity index (χ2n) is 6.58. The van der Waals surface area contributed by atoms with Crippen LogP contribution in [0.1, 0.15) is 24.1 Å². The molecule has 1 unspecified atom stereocenters. The summed E-state index contributed by atoms with van der Waals surface area (Å²) < 4.78 is 38.0. The molecule has 26 heavy (non-hydrogen) atoms. The van der Waals surface area contributed by atoms with Crippen LogP contribution in [0.25, 0.3) is 10.6 Å². The normalized spacial score (nSPS) is 18.3. The fourth-order valence-corrected chi connectivity index (χ4v) is 3.93. The number of amides is 1. The van der Waals surface area contributed by atoms with Gasteiger partial charge in [0.2, 0.25) is 5.91 Å². The Morgan fingerprint density at radius 1 is 1.31 bits per heavy atom. The van der Waals surface area contributed by atoms with Crippen molar-refractivity contribution >= 4 is 17.2 Å². The first-order chi connectivity index (χ1) is 12.3.